The van der Waals surface area contributed by atoms with E-state index in [0.717, 1.165) is 22.9 Å². The van der Waals surface area contributed by atoms with Crippen molar-refractivity contribution in [2.75, 3.05) is 26.2 Å². The molecule has 2 fully saturated rings. The number of carbonyl (C=O) groups excluding carboxylic acids is 1. The molecule has 1 aromatic rings. The molecular weight excluding hydrogens is 393 g/mol. The van der Waals surface area contributed by atoms with E-state index in [2.05, 4.69) is 0 Å². The summed E-state index contributed by atoms with van der Waals surface area (Å²) in [6.45, 7) is 2.48. The Bertz CT molecular complexity index is 821. The van der Waals surface area contributed by atoms with Crippen LogP contribution in [0.1, 0.15) is 18.9 Å². The number of carbonyl (C=O) groups is 1. The van der Waals surface area contributed by atoms with Crippen LogP contribution in [0.5, 0.6) is 0 Å². The highest BCUT2D eigenvalue weighted by atomic mass is 35.5. The van der Waals surface area contributed by atoms with Gasteiger partial charge in [0, 0.05) is 32.1 Å². The number of rotatable bonds is 3. The maximum Gasteiger partial charge on any atom is 0.416 e. The molecule has 1 amide bonds. The average Bonchev–Trinajstić information content (AvgIpc) is 3.30. The highest BCUT2D eigenvalue weighted by Crippen LogP contribution is 2.39. The molecule has 0 N–H and O–H groups in total. The Hall–Kier alpha value is -1.32. The van der Waals surface area contributed by atoms with Crippen LogP contribution in [0.15, 0.2) is 23.1 Å². The third-order valence-electron chi connectivity index (χ3n) is 4.85. The van der Waals surface area contributed by atoms with Crippen molar-refractivity contribution in [3.8, 4) is 0 Å². The van der Waals surface area contributed by atoms with Crippen molar-refractivity contribution < 1.29 is 26.4 Å². The molecule has 3 rings (SSSR count). The van der Waals surface area contributed by atoms with Gasteiger partial charge in [0.25, 0.3) is 0 Å². The number of benzene rings is 1. The number of piperazine rings is 1. The van der Waals surface area contributed by atoms with E-state index in [1.165, 1.54) is 0 Å². The minimum absolute atomic E-state index is 0.0102. The van der Waals surface area contributed by atoms with Crippen LogP contribution < -0.4 is 0 Å². The van der Waals surface area contributed by atoms with E-state index in [0.29, 0.717) is 12.0 Å². The summed E-state index contributed by atoms with van der Waals surface area (Å²) in [6, 6.07) is 2.24. The lowest BCUT2D eigenvalue weighted by Gasteiger charge is -2.34. The zero-order valence-corrected chi connectivity index (χ0v) is 15.5. The maximum absolute atomic E-state index is 12.9. The number of hydrogen-bond acceptors (Lipinski definition) is 3. The molecule has 0 aromatic heterocycles. The number of alkyl halides is 3. The average molecular weight is 411 g/mol. The Morgan fingerprint density at radius 3 is 2.27 bits per heavy atom. The molecule has 144 valence electrons. The molecule has 0 radical (unpaired) electrons. The summed E-state index contributed by atoms with van der Waals surface area (Å²) in [5.74, 6) is 0.385. The standard InChI is InChI=1S/C16H18ClF3N2O3S/c1-10-8-12(10)15(23)21-4-6-22(7-5-21)26(24,25)14-9-11(16(18,19)20)2-3-13(14)17/h2-3,9-10,12H,4-8H2,1H3. The SMILES string of the molecule is CC1CC1C(=O)N1CCN(S(=O)(=O)c2cc(C(F)(F)F)ccc2Cl)CC1. The summed E-state index contributed by atoms with van der Waals surface area (Å²) in [6.07, 6.45) is -3.82. The summed E-state index contributed by atoms with van der Waals surface area (Å²) in [7, 11) is -4.18. The fourth-order valence-electron chi connectivity index (χ4n) is 3.07. The first-order valence-electron chi connectivity index (χ1n) is 8.17. The molecule has 0 bridgehead atoms. The summed E-state index contributed by atoms with van der Waals surface area (Å²) in [5.41, 5.74) is -1.07. The van der Waals surface area contributed by atoms with Crippen molar-refractivity contribution >= 4 is 27.5 Å². The summed E-state index contributed by atoms with van der Waals surface area (Å²) in [5, 5.41) is -0.261. The molecule has 1 saturated heterocycles. The first-order chi connectivity index (χ1) is 12.0. The zero-order valence-electron chi connectivity index (χ0n) is 14.0. The smallest absolute Gasteiger partial charge is 0.340 e. The van der Waals surface area contributed by atoms with Crippen molar-refractivity contribution in [2.45, 2.75) is 24.4 Å². The van der Waals surface area contributed by atoms with Crippen molar-refractivity contribution in [3.63, 3.8) is 0 Å². The van der Waals surface area contributed by atoms with E-state index in [-0.39, 0.29) is 43.0 Å². The number of sulfonamides is 1. The van der Waals surface area contributed by atoms with Gasteiger partial charge < -0.3 is 4.90 Å². The van der Waals surface area contributed by atoms with Crippen molar-refractivity contribution in [1.82, 2.24) is 9.21 Å². The Kier molecular flexibility index (Phi) is 5.00. The highest BCUT2D eigenvalue weighted by molar-refractivity contribution is 7.89. The Labute approximate surface area is 154 Å². The third kappa shape index (κ3) is 3.70. The molecule has 1 saturated carbocycles. The molecule has 2 aliphatic rings. The predicted molar refractivity (Wildman–Crippen MR) is 89.1 cm³/mol. The Morgan fingerprint density at radius 1 is 1.19 bits per heavy atom. The van der Waals surface area contributed by atoms with E-state index in [9.17, 15) is 26.4 Å². The second kappa shape index (κ2) is 6.69. The first-order valence-corrected chi connectivity index (χ1v) is 9.99. The quantitative estimate of drug-likeness (QED) is 0.770. The first kappa shape index (κ1) is 19.4. The van der Waals surface area contributed by atoms with E-state index in [4.69, 9.17) is 11.6 Å². The summed E-state index contributed by atoms with van der Waals surface area (Å²) < 4.78 is 65.2. The molecule has 2 unspecified atom stereocenters. The van der Waals surface area contributed by atoms with E-state index < -0.39 is 26.7 Å². The molecule has 5 nitrogen and oxygen atoms in total. The largest absolute Gasteiger partial charge is 0.416 e. The molecule has 1 aromatic carbocycles. The van der Waals surface area contributed by atoms with Crippen LogP contribution in [-0.2, 0) is 21.0 Å². The van der Waals surface area contributed by atoms with Gasteiger partial charge in [0.15, 0.2) is 0 Å². The van der Waals surface area contributed by atoms with Crippen LogP contribution in [0, 0.1) is 11.8 Å². The molecule has 2 atom stereocenters. The Morgan fingerprint density at radius 2 is 1.77 bits per heavy atom. The van der Waals surface area contributed by atoms with Gasteiger partial charge in [-0.15, -0.1) is 0 Å². The minimum Gasteiger partial charge on any atom is -0.340 e. The highest BCUT2D eigenvalue weighted by Gasteiger charge is 2.43. The van der Waals surface area contributed by atoms with Crippen LogP contribution in [0.3, 0.4) is 0 Å². The Balaban J connectivity index is 1.76. The van der Waals surface area contributed by atoms with Crippen LogP contribution in [0.2, 0.25) is 5.02 Å². The normalized spacial score (nSPS) is 24.6. The van der Waals surface area contributed by atoms with Crippen LogP contribution in [0.4, 0.5) is 13.2 Å². The van der Waals surface area contributed by atoms with Crippen LogP contribution in [0.25, 0.3) is 0 Å². The minimum atomic E-state index is -4.67. The summed E-state index contributed by atoms with van der Waals surface area (Å²) >= 11 is 5.86. The van der Waals surface area contributed by atoms with Gasteiger partial charge in [-0.3, -0.25) is 4.79 Å². The van der Waals surface area contributed by atoms with Gasteiger partial charge in [-0.25, -0.2) is 8.42 Å². The molecule has 10 heteroatoms. The maximum atomic E-state index is 12.9. The molecule has 1 aliphatic heterocycles. The van der Waals surface area contributed by atoms with Gasteiger partial charge in [0.05, 0.1) is 10.6 Å². The van der Waals surface area contributed by atoms with Gasteiger partial charge in [-0.2, -0.15) is 17.5 Å². The predicted octanol–water partition coefficient (Wildman–Crippen LogP) is 2.85. The van der Waals surface area contributed by atoms with Gasteiger partial charge >= 0.3 is 6.18 Å². The lowest BCUT2D eigenvalue weighted by Crippen LogP contribution is -2.51. The van der Waals surface area contributed by atoms with E-state index >= 15 is 0 Å². The van der Waals surface area contributed by atoms with Crippen molar-refractivity contribution in [3.05, 3.63) is 28.8 Å². The fraction of sp³-hybridized carbons (Fsp3) is 0.562. The number of hydrogen-bond donors (Lipinski definition) is 0. The molecular formula is C16H18ClF3N2O3S. The van der Waals surface area contributed by atoms with E-state index in [1.54, 1.807) is 4.90 Å². The topological polar surface area (TPSA) is 57.7 Å². The second-order valence-electron chi connectivity index (χ2n) is 6.69. The van der Waals surface area contributed by atoms with E-state index in [1.807, 2.05) is 6.92 Å². The molecule has 26 heavy (non-hydrogen) atoms. The number of amides is 1. The van der Waals surface area contributed by atoms with Gasteiger partial charge in [0.2, 0.25) is 15.9 Å². The van der Waals surface area contributed by atoms with Gasteiger partial charge in [-0.1, -0.05) is 18.5 Å². The molecule has 1 heterocycles. The molecule has 1 aliphatic carbocycles. The van der Waals surface area contributed by atoms with Crippen molar-refractivity contribution in [1.29, 1.82) is 0 Å². The second-order valence-corrected chi connectivity index (χ2v) is 9.01. The lowest BCUT2D eigenvalue weighted by molar-refractivity contribution is -0.137. The van der Waals surface area contributed by atoms with Gasteiger partial charge in [0.1, 0.15) is 4.90 Å². The fourth-order valence-corrected chi connectivity index (χ4v) is 4.99. The monoisotopic (exact) mass is 410 g/mol. The van der Waals surface area contributed by atoms with Crippen LogP contribution in [-0.4, -0.2) is 49.7 Å². The third-order valence-corrected chi connectivity index (χ3v) is 7.23. The zero-order chi connectivity index (χ0) is 19.3. The van der Waals surface area contributed by atoms with Crippen LogP contribution >= 0.6 is 11.6 Å². The number of nitrogens with zero attached hydrogens (tertiary/aromatic N) is 2. The van der Waals surface area contributed by atoms with Gasteiger partial charge in [-0.05, 0) is 30.5 Å². The lowest BCUT2D eigenvalue weighted by atomic mass is 10.2. The van der Waals surface area contributed by atoms with Crippen molar-refractivity contribution in [2.24, 2.45) is 11.8 Å². The molecule has 0 spiro atoms. The summed E-state index contributed by atoms with van der Waals surface area (Å²) in [4.78, 5) is 13.3. The number of halogens is 4.